The first kappa shape index (κ1) is 17.5. The highest BCUT2D eigenvalue weighted by molar-refractivity contribution is 9.10. The average Bonchev–Trinajstić information content (AvgIpc) is 2.62. The predicted molar refractivity (Wildman–Crippen MR) is 106 cm³/mol. The van der Waals surface area contributed by atoms with Gasteiger partial charge in [0.1, 0.15) is 5.75 Å². The van der Waals surface area contributed by atoms with Crippen LogP contribution in [0.15, 0.2) is 65.1 Å². The van der Waals surface area contributed by atoms with E-state index < -0.39 is 6.10 Å². The van der Waals surface area contributed by atoms with E-state index in [2.05, 4.69) is 27.3 Å². The van der Waals surface area contributed by atoms with Gasteiger partial charge < -0.3 is 10.1 Å². The topological polar surface area (TPSA) is 38.3 Å². The van der Waals surface area contributed by atoms with Crippen LogP contribution in [0.5, 0.6) is 5.75 Å². The SMILES string of the molecule is CCC(Oc1ccc2ccccc2c1)C(=O)Nc1ccc(Br)c(C)c1. The summed E-state index contributed by atoms with van der Waals surface area (Å²) in [6.45, 7) is 3.93. The molecule has 1 atom stereocenters. The van der Waals surface area contributed by atoms with Crippen molar-refractivity contribution < 1.29 is 9.53 Å². The number of fused-ring (bicyclic) bond motifs is 1. The Morgan fingerprint density at radius 3 is 2.56 bits per heavy atom. The van der Waals surface area contributed by atoms with Crippen molar-refractivity contribution in [3.8, 4) is 5.75 Å². The van der Waals surface area contributed by atoms with E-state index in [-0.39, 0.29) is 5.91 Å². The van der Waals surface area contributed by atoms with E-state index in [1.165, 1.54) is 0 Å². The molecule has 25 heavy (non-hydrogen) atoms. The summed E-state index contributed by atoms with van der Waals surface area (Å²) in [4.78, 5) is 12.6. The lowest BCUT2D eigenvalue weighted by Crippen LogP contribution is -2.32. The average molecular weight is 398 g/mol. The maximum absolute atomic E-state index is 12.6. The van der Waals surface area contributed by atoms with Gasteiger partial charge in [-0.3, -0.25) is 4.79 Å². The van der Waals surface area contributed by atoms with Gasteiger partial charge in [0.25, 0.3) is 5.91 Å². The summed E-state index contributed by atoms with van der Waals surface area (Å²) in [7, 11) is 0. The largest absolute Gasteiger partial charge is 0.481 e. The number of halogens is 1. The van der Waals surface area contributed by atoms with Crippen molar-refractivity contribution in [3.05, 3.63) is 70.7 Å². The third-order valence-corrected chi connectivity index (χ3v) is 4.98. The predicted octanol–water partition coefficient (Wildman–Crippen LogP) is 5.71. The number of rotatable bonds is 5. The van der Waals surface area contributed by atoms with Crippen molar-refractivity contribution in [3.63, 3.8) is 0 Å². The third-order valence-electron chi connectivity index (χ3n) is 4.09. The molecule has 0 spiro atoms. The highest BCUT2D eigenvalue weighted by Gasteiger charge is 2.19. The Morgan fingerprint density at radius 1 is 1.08 bits per heavy atom. The van der Waals surface area contributed by atoms with Gasteiger partial charge in [-0.25, -0.2) is 0 Å². The molecule has 0 saturated carbocycles. The molecule has 0 aliphatic heterocycles. The molecule has 3 rings (SSSR count). The number of hydrogen-bond donors (Lipinski definition) is 1. The fourth-order valence-corrected chi connectivity index (χ4v) is 2.92. The molecule has 0 bridgehead atoms. The van der Waals surface area contributed by atoms with Crippen LogP contribution in [-0.4, -0.2) is 12.0 Å². The molecule has 3 aromatic carbocycles. The quantitative estimate of drug-likeness (QED) is 0.598. The number of carbonyl (C=O) groups is 1. The smallest absolute Gasteiger partial charge is 0.265 e. The number of carbonyl (C=O) groups excluding carboxylic acids is 1. The molecule has 1 unspecified atom stereocenters. The number of ether oxygens (including phenoxy) is 1. The second-order valence-corrected chi connectivity index (χ2v) is 6.83. The van der Waals surface area contributed by atoms with Crippen LogP contribution in [0, 0.1) is 6.92 Å². The molecule has 3 aromatic rings. The van der Waals surface area contributed by atoms with Gasteiger partial charge >= 0.3 is 0 Å². The normalized spacial score (nSPS) is 12.0. The molecule has 1 N–H and O–H groups in total. The van der Waals surface area contributed by atoms with Gasteiger partial charge in [0.05, 0.1) is 0 Å². The first-order valence-electron chi connectivity index (χ1n) is 8.29. The summed E-state index contributed by atoms with van der Waals surface area (Å²) in [5, 5.41) is 5.18. The Morgan fingerprint density at radius 2 is 1.84 bits per heavy atom. The lowest BCUT2D eigenvalue weighted by molar-refractivity contribution is -0.122. The lowest BCUT2D eigenvalue weighted by atomic mass is 10.1. The van der Waals surface area contributed by atoms with Gasteiger partial charge in [0.2, 0.25) is 0 Å². The number of amides is 1. The summed E-state index contributed by atoms with van der Waals surface area (Å²) in [5.74, 6) is 0.560. The summed E-state index contributed by atoms with van der Waals surface area (Å²) in [6, 6.07) is 19.7. The molecular formula is C21H20BrNO2. The van der Waals surface area contributed by atoms with Gasteiger partial charge in [-0.2, -0.15) is 0 Å². The summed E-state index contributed by atoms with van der Waals surface area (Å²) in [5.41, 5.74) is 1.84. The number of benzene rings is 3. The zero-order valence-electron chi connectivity index (χ0n) is 14.3. The Labute approximate surface area is 156 Å². The number of aryl methyl sites for hydroxylation is 1. The van der Waals surface area contributed by atoms with Crippen LogP contribution in [-0.2, 0) is 4.79 Å². The first-order chi connectivity index (χ1) is 12.1. The number of anilines is 1. The lowest BCUT2D eigenvalue weighted by Gasteiger charge is -2.18. The van der Waals surface area contributed by atoms with E-state index >= 15 is 0 Å². The van der Waals surface area contributed by atoms with E-state index in [1.807, 2.05) is 68.4 Å². The molecule has 3 nitrogen and oxygen atoms in total. The minimum Gasteiger partial charge on any atom is -0.481 e. The fourth-order valence-electron chi connectivity index (χ4n) is 2.67. The maximum atomic E-state index is 12.6. The summed E-state index contributed by atoms with van der Waals surface area (Å²) >= 11 is 3.46. The molecule has 0 aromatic heterocycles. The third kappa shape index (κ3) is 4.20. The Balaban J connectivity index is 1.73. The number of hydrogen-bond acceptors (Lipinski definition) is 2. The minimum atomic E-state index is -0.537. The molecule has 4 heteroatoms. The zero-order chi connectivity index (χ0) is 17.8. The molecule has 0 saturated heterocycles. The summed E-state index contributed by atoms with van der Waals surface area (Å²) < 4.78 is 6.96. The van der Waals surface area contributed by atoms with Gasteiger partial charge in [-0.15, -0.1) is 0 Å². The molecule has 1 amide bonds. The van der Waals surface area contributed by atoms with Crippen molar-refractivity contribution in [2.24, 2.45) is 0 Å². The standard InChI is InChI=1S/C21H20BrNO2/c1-3-20(21(24)23-17-9-11-19(22)14(2)12-17)25-18-10-8-15-6-4-5-7-16(15)13-18/h4-13,20H,3H2,1-2H3,(H,23,24). The van der Waals surface area contributed by atoms with Crippen LogP contribution < -0.4 is 10.1 Å². The van der Waals surface area contributed by atoms with Crippen LogP contribution in [0.1, 0.15) is 18.9 Å². The van der Waals surface area contributed by atoms with Crippen LogP contribution in [0.4, 0.5) is 5.69 Å². The molecule has 0 aliphatic carbocycles. The number of nitrogens with one attached hydrogen (secondary N) is 1. The van der Waals surface area contributed by atoms with Crippen LogP contribution in [0.3, 0.4) is 0 Å². The Bertz CT molecular complexity index is 907. The maximum Gasteiger partial charge on any atom is 0.265 e. The molecule has 0 fully saturated rings. The zero-order valence-corrected chi connectivity index (χ0v) is 15.8. The van der Waals surface area contributed by atoms with Gasteiger partial charge in [-0.05, 0) is 60.0 Å². The van der Waals surface area contributed by atoms with Gasteiger partial charge in [0, 0.05) is 10.2 Å². The van der Waals surface area contributed by atoms with Crippen LogP contribution in [0.25, 0.3) is 10.8 Å². The monoisotopic (exact) mass is 397 g/mol. The first-order valence-corrected chi connectivity index (χ1v) is 9.08. The van der Waals surface area contributed by atoms with E-state index in [0.29, 0.717) is 12.2 Å². The fraction of sp³-hybridized carbons (Fsp3) is 0.190. The molecule has 0 heterocycles. The van der Waals surface area contributed by atoms with Crippen molar-refractivity contribution in [1.29, 1.82) is 0 Å². The van der Waals surface area contributed by atoms with Crippen molar-refractivity contribution >= 4 is 38.3 Å². The van der Waals surface area contributed by atoms with Crippen LogP contribution >= 0.6 is 15.9 Å². The van der Waals surface area contributed by atoms with E-state index in [1.54, 1.807) is 0 Å². The highest BCUT2D eigenvalue weighted by Crippen LogP contribution is 2.23. The second-order valence-electron chi connectivity index (χ2n) is 5.98. The van der Waals surface area contributed by atoms with Gasteiger partial charge in [0.15, 0.2) is 6.10 Å². The second kappa shape index (κ2) is 7.70. The molecule has 128 valence electrons. The molecular weight excluding hydrogens is 378 g/mol. The van der Waals surface area contributed by atoms with Crippen LogP contribution in [0.2, 0.25) is 0 Å². The Kier molecular flexibility index (Phi) is 5.39. The van der Waals surface area contributed by atoms with E-state index in [0.717, 1.165) is 26.5 Å². The molecule has 0 aliphatic rings. The summed E-state index contributed by atoms with van der Waals surface area (Å²) in [6.07, 6.45) is 0.0545. The van der Waals surface area contributed by atoms with Crippen molar-refractivity contribution in [2.45, 2.75) is 26.4 Å². The Hall–Kier alpha value is -2.33. The molecule has 0 radical (unpaired) electrons. The highest BCUT2D eigenvalue weighted by atomic mass is 79.9. The van der Waals surface area contributed by atoms with E-state index in [4.69, 9.17) is 4.74 Å². The minimum absolute atomic E-state index is 0.141. The van der Waals surface area contributed by atoms with Crippen molar-refractivity contribution in [1.82, 2.24) is 0 Å². The van der Waals surface area contributed by atoms with E-state index in [9.17, 15) is 4.79 Å². The van der Waals surface area contributed by atoms with Gasteiger partial charge in [-0.1, -0.05) is 53.2 Å². The van der Waals surface area contributed by atoms with Crippen molar-refractivity contribution in [2.75, 3.05) is 5.32 Å².